The fraction of sp³-hybridized carbons (Fsp3) is 0.571. The van der Waals surface area contributed by atoms with Gasteiger partial charge < -0.3 is 5.73 Å². The molecule has 0 radical (unpaired) electrons. The quantitative estimate of drug-likeness (QED) is 0.578. The largest absolute Gasteiger partial charge is 0.306 e. The van der Waals surface area contributed by atoms with Crippen LogP contribution in [0, 0.1) is 0 Å². The van der Waals surface area contributed by atoms with Gasteiger partial charge in [0.05, 0.1) is 12.2 Å². The van der Waals surface area contributed by atoms with Gasteiger partial charge in [0, 0.05) is 20.3 Å². The van der Waals surface area contributed by atoms with Crippen LogP contribution < -0.4 is 11.3 Å². The number of hydrogen-bond donors (Lipinski definition) is 3. The molecule has 0 bridgehead atoms. The Balaban J connectivity index is 0.000000980. The lowest BCUT2D eigenvalue weighted by Gasteiger charge is -2.27. The maximum Gasteiger partial charge on any atom is 0.142 e. The molecule has 1 aliphatic heterocycles. The molecule has 1 aliphatic rings. The van der Waals surface area contributed by atoms with Crippen molar-refractivity contribution in [3.8, 4) is 0 Å². The van der Waals surface area contributed by atoms with Gasteiger partial charge in [0.1, 0.15) is 5.66 Å². The van der Waals surface area contributed by atoms with Crippen LogP contribution in [0.15, 0.2) is 12.3 Å². The van der Waals surface area contributed by atoms with Crippen LogP contribution in [0.5, 0.6) is 0 Å². The van der Waals surface area contributed by atoms with Crippen LogP contribution >= 0.6 is 12.4 Å². The minimum atomic E-state index is -0.547. The van der Waals surface area contributed by atoms with Gasteiger partial charge in [-0.15, -0.1) is 12.4 Å². The predicted octanol–water partition coefficient (Wildman–Crippen LogP) is -0.760. The molecule has 0 aromatic carbocycles. The molecule has 14 heavy (non-hydrogen) atoms. The van der Waals surface area contributed by atoms with Gasteiger partial charge >= 0.3 is 0 Å². The minimum absolute atomic E-state index is 0. The summed E-state index contributed by atoms with van der Waals surface area (Å²) in [6.45, 7) is 0.703. The van der Waals surface area contributed by atoms with E-state index in [2.05, 4.69) is 15.7 Å². The smallest absolute Gasteiger partial charge is 0.142 e. The molecular weight excluding hydrogens is 204 g/mol. The van der Waals surface area contributed by atoms with E-state index in [1.165, 1.54) is 0 Å². The van der Waals surface area contributed by atoms with Crippen LogP contribution in [0.1, 0.15) is 5.69 Å². The number of rotatable bonds is 1. The fourth-order valence-corrected chi connectivity index (χ4v) is 1.60. The molecule has 7 heteroatoms. The van der Waals surface area contributed by atoms with E-state index in [9.17, 15) is 0 Å². The van der Waals surface area contributed by atoms with E-state index in [0.29, 0.717) is 6.54 Å². The van der Waals surface area contributed by atoms with Gasteiger partial charge in [0.2, 0.25) is 0 Å². The molecule has 0 amide bonds. The van der Waals surface area contributed by atoms with Crippen molar-refractivity contribution in [2.75, 3.05) is 20.6 Å². The van der Waals surface area contributed by atoms with Crippen LogP contribution in [0.4, 0.5) is 0 Å². The summed E-state index contributed by atoms with van der Waals surface area (Å²) in [5.41, 5.74) is 9.57. The Hall–Kier alpha value is -0.660. The zero-order valence-electron chi connectivity index (χ0n) is 8.19. The van der Waals surface area contributed by atoms with Crippen LogP contribution in [-0.4, -0.2) is 40.9 Å². The van der Waals surface area contributed by atoms with E-state index in [4.69, 9.17) is 5.73 Å². The molecule has 1 atom stereocenters. The van der Waals surface area contributed by atoms with Crippen molar-refractivity contribution in [2.45, 2.75) is 5.66 Å². The zero-order valence-corrected chi connectivity index (χ0v) is 9.01. The first-order chi connectivity index (χ1) is 6.13. The van der Waals surface area contributed by atoms with Crippen molar-refractivity contribution in [3.63, 3.8) is 0 Å². The van der Waals surface area contributed by atoms with Crippen molar-refractivity contribution in [1.29, 1.82) is 0 Å². The minimum Gasteiger partial charge on any atom is -0.306 e. The maximum absolute atomic E-state index is 6.20. The monoisotopic (exact) mass is 218 g/mol. The highest BCUT2D eigenvalue weighted by Crippen LogP contribution is 2.22. The molecule has 0 saturated carbocycles. The Morgan fingerprint density at radius 2 is 2.29 bits per heavy atom. The molecule has 1 unspecified atom stereocenters. The molecule has 4 N–H and O–H groups in total. The maximum atomic E-state index is 6.20. The first kappa shape index (κ1) is 11.4. The second-order valence-electron chi connectivity index (χ2n) is 3.40. The molecular formula is C7H15ClN6. The second kappa shape index (κ2) is 3.84. The van der Waals surface area contributed by atoms with E-state index in [1.807, 2.05) is 30.2 Å². The highest BCUT2D eigenvalue weighted by Gasteiger charge is 2.41. The van der Waals surface area contributed by atoms with Gasteiger partial charge in [-0.2, -0.15) is 10.6 Å². The summed E-state index contributed by atoms with van der Waals surface area (Å²) in [6.07, 6.45) is 1.77. The number of halogens is 1. The Kier molecular flexibility index (Phi) is 3.13. The normalized spacial score (nSPS) is 29.1. The number of likely N-dealkylation sites (N-methyl/N-ethyl adjacent to an activating group) is 2. The SMILES string of the molecule is CN1CC(N)(c2cc[nH]n2)N(C)N1.Cl. The topological polar surface area (TPSA) is 73.2 Å². The van der Waals surface area contributed by atoms with Crippen molar-refractivity contribution >= 4 is 12.4 Å². The third-order valence-electron chi connectivity index (χ3n) is 2.34. The Morgan fingerprint density at radius 3 is 2.71 bits per heavy atom. The number of aromatic nitrogens is 2. The predicted molar refractivity (Wildman–Crippen MR) is 55.2 cm³/mol. The third-order valence-corrected chi connectivity index (χ3v) is 2.34. The Morgan fingerprint density at radius 1 is 1.57 bits per heavy atom. The standard InChI is InChI=1S/C7H14N6.ClH/c1-12-5-7(8,13(2)11-12)6-3-4-9-10-6;/h3-4,11H,5,8H2,1-2H3,(H,9,10);1H. The molecule has 2 rings (SSSR count). The highest BCUT2D eigenvalue weighted by molar-refractivity contribution is 5.85. The highest BCUT2D eigenvalue weighted by atomic mass is 35.5. The second-order valence-corrected chi connectivity index (χ2v) is 3.40. The average Bonchev–Trinajstić information content (AvgIpc) is 2.61. The summed E-state index contributed by atoms with van der Waals surface area (Å²) in [5, 5.41) is 10.6. The summed E-state index contributed by atoms with van der Waals surface area (Å²) in [4.78, 5) is 0. The first-order valence-electron chi connectivity index (χ1n) is 4.13. The molecule has 2 heterocycles. The molecule has 0 aliphatic carbocycles. The summed E-state index contributed by atoms with van der Waals surface area (Å²) in [6, 6.07) is 1.89. The van der Waals surface area contributed by atoms with E-state index < -0.39 is 5.66 Å². The van der Waals surface area contributed by atoms with Crippen LogP contribution in [0.2, 0.25) is 0 Å². The van der Waals surface area contributed by atoms with Crippen LogP contribution in [-0.2, 0) is 5.66 Å². The van der Waals surface area contributed by atoms with Crippen LogP contribution in [0.25, 0.3) is 0 Å². The van der Waals surface area contributed by atoms with Crippen molar-refractivity contribution in [2.24, 2.45) is 5.73 Å². The fourth-order valence-electron chi connectivity index (χ4n) is 1.60. The number of aromatic amines is 1. The van der Waals surface area contributed by atoms with Gasteiger partial charge in [-0.1, -0.05) is 0 Å². The first-order valence-corrected chi connectivity index (χ1v) is 4.13. The molecule has 80 valence electrons. The molecule has 1 saturated heterocycles. The van der Waals surface area contributed by atoms with Gasteiger partial charge in [0.15, 0.2) is 0 Å². The summed E-state index contributed by atoms with van der Waals surface area (Å²) >= 11 is 0. The lowest BCUT2D eigenvalue weighted by atomic mass is 10.1. The number of hydrogen-bond acceptors (Lipinski definition) is 5. The molecule has 6 nitrogen and oxygen atoms in total. The Labute approximate surface area is 88.8 Å². The van der Waals surface area contributed by atoms with Gasteiger partial charge in [-0.05, 0) is 6.07 Å². The summed E-state index contributed by atoms with van der Waals surface area (Å²) in [7, 11) is 3.84. The summed E-state index contributed by atoms with van der Waals surface area (Å²) in [5.74, 6) is 0. The van der Waals surface area contributed by atoms with Crippen molar-refractivity contribution in [1.82, 2.24) is 25.7 Å². The van der Waals surface area contributed by atoms with E-state index in [-0.39, 0.29) is 12.4 Å². The number of H-pyrrole nitrogens is 1. The van der Waals surface area contributed by atoms with E-state index >= 15 is 0 Å². The number of nitrogens with one attached hydrogen (secondary N) is 2. The van der Waals surface area contributed by atoms with Gasteiger partial charge in [-0.25, -0.2) is 10.0 Å². The lowest BCUT2D eigenvalue weighted by molar-refractivity contribution is 0.105. The lowest BCUT2D eigenvalue weighted by Crippen LogP contribution is -2.51. The molecule has 1 aromatic rings. The van der Waals surface area contributed by atoms with Crippen molar-refractivity contribution < 1.29 is 0 Å². The van der Waals surface area contributed by atoms with Gasteiger partial charge in [-0.3, -0.25) is 5.10 Å². The number of nitrogens with zero attached hydrogens (tertiary/aromatic N) is 3. The number of nitrogens with two attached hydrogens (primary N) is 1. The van der Waals surface area contributed by atoms with E-state index in [1.54, 1.807) is 6.20 Å². The average molecular weight is 219 g/mol. The Bertz CT molecular complexity index is 288. The zero-order chi connectivity index (χ0) is 9.47. The van der Waals surface area contributed by atoms with Crippen LogP contribution in [0.3, 0.4) is 0 Å². The van der Waals surface area contributed by atoms with E-state index in [0.717, 1.165) is 5.69 Å². The van der Waals surface area contributed by atoms with Gasteiger partial charge in [0.25, 0.3) is 0 Å². The molecule has 1 aromatic heterocycles. The third kappa shape index (κ3) is 1.62. The molecule has 0 spiro atoms. The van der Waals surface area contributed by atoms with Crippen molar-refractivity contribution in [3.05, 3.63) is 18.0 Å². The summed E-state index contributed by atoms with van der Waals surface area (Å²) < 4.78 is 0. The molecule has 1 fully saturated rings. The number of hydrazine groups is 2.